The molecule has 0 aliphatic carbocycles. The summed E-state index contributed by atoms with van der Waals surface area (Å²) in [5, 5.41) is 5.70. The molecule has 0 radical (unpaired) electrons. The van der Waals surface area contributed by atoms with Gasteiger partial charge < -0.3 is 9.80 Å². The van der Waals surface area contributed by atoms with Crippen molar-refractivity contribution in [2.75, 3.05) is 22.9 Å². The van der Waals surface area contributed by atoms with Crippen molar-refractivity contribution in [1.29, 1.82) is 0 Å². The van der Waals surface area contributed by atoms with Crippen molar-refractivity contribution in [2.24, 2.45) is 0 Å². The summed E-state index contributed by atoms with van der Waals surface area (Å²) in [6, 6.07) is 28.6. The number of benzene rings is 5. The Morgan fingerprint density at radius 3 is 1.62 bits per heavy atom. The van der Waals surface area contributed by atoms with Crippen LogP contribution in [-0.2, 0) is 12.8 Å². The fraction of sp³-hybridized carbons (Fsp3) is 0.297. The molecule has 0 aromatic heterocycles. The lowest BCUT2D eigenvalue weighted by atomic mass is 9.33. The van der Waals surface area contributed by atoms with E-state index in [1.54, 1.807) is 16.6 Å². The lowest BCUT2D eigenvalue weighted by Gasteiger charge is -2.45. The number of rotatable bonds is 1. The van der Waals surface area contributed by atoms with Crippen molar-refractivity contribution in [1.82, 2.24) is 0 Å². The molecule has 0 N–H and O–H groups in total. The number of nitrogens with zero attached hydrogens (tertiary/aromatic N) is 2. The van der Waals surface area contributed by atoms with Gasteiger partial charge in [-0.15, -0.1) is 0 Å². The number of hydrogen-bond acceptors (Lipinski definition) is 2. The van der Waals surface area contributed by atoms with Crippen molar-refractivity contribution in [2.45, 2.75) is 58.3 Å². The van der Waals surface area contributed by atoms with E-state index >= 15 is 0 Å². The fourth-order valence-corrected chi connectivity index (χ4v) is 8.50. The molecule has 3 heteroatoms. The molecule has 4 heterocycles. The number of hydrogen-bond donors (Lipinski definition) is 0. The van der Waals surface area contributed by atoms with Gasteiger partial charge in [-0.3, -0.25) is 0 Å². The highest BCUT2D eigenvalue weighted by Gasteiger charge is 2.45. The van der Waals surface area contributed by atoms with Crippen LogP contribution in [0.1, 0.15) is 62.1 Å². The molecule has 2 nitrogen and oxygen atoms in total. The van der Waals surface area contributed by atoms with E-state index in [-0.39, 0.29) is 6.71 Å². The molecule has 5 aromatic carbocycles. The number of aryl methyl sites for hydroxylation is 2. The molecular formula is C37H35BN2. The molecule has 0 atom stereocenters. The smallest absolute Gasteiger partial charge is 0.252 e. The van der Waals surface area contributed by atoms with Crippen molar-refractivity contribution >= 4 is 67.4 Å². The first-order valence-corrected chi connectivity index (χ1v) is 15.5. The summed E-state index contributed by atoms with van der Waals surface area (Å²) in [6.45, 7) is 7.21. The highest BCUT2D eigenvalue weighted by molar-refractivity contribution is 7.00. The summed E-state index contributed by atoms with van der Waals surface area (Å²) in [6.07, 6.45) is 7.32. The Hall–Kier alpha value is -3.72. The van der Waals surface area contributed by atoms with E-state index in [2.05, 4.69) is 96.4 Å². The van der Waals surface area contributed by atoms with E-state index in [9.17, 15) is 0 Å². The van der Waals surface area contributed by atoms with Gasteiger partial charge in [-0.1, -0.05) is 74.5 Å². The fourth-order valence-electron chi connectivity index (χ4n) is 8.50. The minimum atomic E-state index is 0.270. The van der Waals surface area contributed by atoms with Crippen LogP contribution in [0.2, 0.25) is 0 Å². The lowest BCUT2D eigenvalue weighted by molar-refractivity contribution is 0.759. The van der Waals surface area contributed by atoms with Crippen LogP contribution >= 0.6 is 0 Å². The van der Waals surface area contributed by atoms with Crippen LogP contribution in [-0.4, -0.2) is 19.8 Å². The predicted molar refractivity (Wildman–Crippen MR) is 173 cm³/mol. The third kappa shape index (κ3) is 3.01. The molecule has 0 spiro atoms. The van der Waals surface area contributed by atoms with Crippen LogP contribution in [0.25, 0.3) is 21.5 Å². The molecular weight excluding hydrogens is 483 g/mol. The summed E-state index contributed by atoms with van der Waals surface area (Å²) in [7, 11) is 0. The van der Waals surface area contributed by atoms with Gasteiger partial charge in [0.05, 0.1) is 0 Å². The van der Waals surface area contributed by atoms with Crippen molar-refractivity contribution in [3.63, 3.8) is 0 Å². The van der Waals surface area contributed by atoms with Crippen LogP contribution in [0.3, 0.4) is 0 Å². The Morgan fingerprint density at radius 2 is 1.12 bits per heavy atom. The van der Waals surface area contributed by atoms with E-state index in [0.29, 0.717) is 5.92 Å². The minimum absolute atomic E-state index is 0.270. The first-order valence-electron chi connectivity index (χ1n) is 15.5. The maximum Gasteiger partial charge on any atom is 0.252 e. The van der Waals surface area contributed by atoms with Gasteiger partial charge in [0.15, 0.2) is 0 Å². The minimum Gasteiger partial charge on any atom is -0.342 e. The summed E-state index contributed by atoms with van der Waals surface area (Å²) in [5.74, 6) is 0.494. The van der Waals surface area contributed by atoms with E-state index in [4.69, 9.17) is 0 Å². The Kier molecular flexibility index (Phi) is 4.84. The molecule has 0 unspecified atom stereocenters. The van der Waals surface area contributed by atoms with Gasteiger partial charge in [-0.05, 0) is 111 Å². The lowest BCUT2D eigenvalue weighted by Crippen LogP contribution is -2.62. The van der Waals surface area contributed by atoms with Crippen LogP contribution in [0.4, 0.5) is 22.7 Å². The van der Waals surface area contributed by atoms with E-state index in [0.717, 1.165) is 13.1 Å². The molecule has 0 amide bonds. The largest absolute Gasteiger partial charge is 0.342 e. The molecule has 0 fully saturated rings. The zero-order chi connectivity index (χ0) is 26.5. The topological polar surface area (TPSA) is 6.48 Å². The first-order chi connectivity index (χ1) is 19.7. The van der Waals surface area contributed by atoms with E-state index < -0.39 is 0 Å². The molecule has 4 aliphatic rings. The predicted octanol–water partition coefficient (Wildman–Crippen LogP) is 7.21. The molecule has 0 bridgehead atoms. The summed E-state index contributed by atoms with van der Waals surface area (Å²) in [4.78, 5) is 5.49. The second kappa shape index (κ2) is 8.40. The molecule has 196 valence electrons. The molecule has 0 saturated heterocycles. The summed E-state index contributed by atoms with van der Waals surface area (Å²) < 4.78 is 0. The quantitative estimate of drug-likeness (QED) is 0.217. The molecule has 9 rings (SSSR count). The average molecular weight is 519 g/mol. The second-order valence-corrected chi connectivity index (χ2v) is 12.8. The highest BCUT2D eigenvalue weighted by atomic mass is 15.2. The van der Waals surface area contributed by atoms with Gasteiger partial charge in [0.25, 0.3) is 6.71 Å². The standard InChI is InChI=1S/C37H35BN2/c1-23(2)26-21-33-35-34(22-26)40-18-10-8-16-30-28-14-6-4-12-25(28)20-32(37(30)40)38(35)31-19-24-11-3-5-13-27(24)29-15-7-9-17-39(33)36(29)31/h3-6,11-14,19-23H,7-10,15-18H2,1-2H3. The zero-order valence-corrected chi connectivity index (χ0v) is 23.6. The van der Waals surface area contributed by atoms with Crippen molar-refractivity contribution in [3.8, 4) is 0 Å². The van der Waals surface area contributed by atoms with E-state index in [1.165, 1.54) is 99.3 Å². The maximum absolute atomic E-state index is 2.75. The van der Waals surface area contributed by atoms with Crippen LogP contribution in [0.15, 0.2) is 72.8 Å². The van der Waals surface area contributed by atoms with Gasteiger partial charge in [-0.25, -0.2) is 0 Å². The molecule has 40 heavy (non-hydrogen) atoms. The van der Waals surface area contributed by atoms with Gasteiger partial charge in [0.1, 0.15) is 0 Å². The molecule has 5 aromatic rings. The highest BCUT2D eigenvalue weighted by Crippen LogP contribution is 2.46. The first kappa shape index (κ1) is 23.0. The normalized spacial score (nSPS) is 17.0. The Bertz CT molecular complexity index is 1740. The van der Waals surface area contributed by atoms with Crippen molar-refractivity contribution in [3.05, 3.63) is 89.5 Å². The van der Waals surface area contributed by atoms with Crippen LogP contribution < -0.4 is 26.2 Å². The average Bonchev–Trinajstić information content (AvgIpc) is 3.35. The number of fused-ring (bicyclic) bond motifs is 8. The third-order valence-corrected chi connectivity index (χ3v) is 10.3. The maximum atomic E-state index is 2.75. The summed E-state index contributed by atoms with van der Waals surface area (Å²) >= 11 is 0. The Balaban J connectivity index is 1.47. The van der Waals surface area contributed by atoms with Crippen LogP contribution in [0, 0.1) is 0 Å². The van der Waals surface area contributed by atoms with Gasteiger partial charge in [0, 0.05) is 35.8 Å². The molecule has 4 aliphatic heterocycles. The Morgan fingerprint density at radius 1 is 0.625 bits per heavy atom. The monoisotopic (exact) mass is 518 g/mol. The SMILES string of the molecule is CC(C)c1cc2c3c(c1)N1CCCCc4c1c(cc1ccccc41)B3c1cc3ccccc3c3c1N2CCCC3. The van der Waals surface area contributed by atoms with Crippen LogP contribution in [0.5, 0.6) is 0 Å². The molecule has 0 saturated carbocycles. The third-order valence-electron chi connectivity index (χ3n) is 10.3. The number of anilines is 4. The van der Waals surface area contributed by atoms with Gasteiger partial charge >= 0.3 is 0 Å². The summed E-state index contributed by atoms with van der Waals surface area (Å²) in [5.41, 5.74) is 15.2. The van der Waals surface area contributed by atoms with Crippen molar-refractivity contribution < 1.29 is 0 Å². The van der Waals surface area contributed by atoms with E-state index in [1.807, 2.05) is 0 Å². The zero-order valence-electron chi connectivity index (χ0n) is 23.6. The second-order valence-electron chi connectivity index (χ2n) is 12.8. The Labute approximate surface area is 237 Å². The van der Waals surface area contributed by atoms with Gasteiger partial charge in [0.2, 0.25) is 0 Å². The van der Waals surface area contributed by atoms with Gasteiger partial charge in [-0.2, -0.15) is 0 Å².